The number of carbonyl (C=O) groups is 1. The average molecular weight is 417 g/mol. The molecule has 0 aromatic rings. The van der Waals surface area contributed by atoms with Crippen molar-refractivity contribution in [2.75, 3.05) is 11.5 Å². The van der Waals surface area contributed by atoms with Crippen molar-refractivity contribution in [1.82, 2.24) is 0 Å². The van der Waals surface area contributed by atoms with Crippen LogP contribution >= 0.6 is 24.4 Å². The molecule has 0 aromatic carbocycles. The Balaban J connectivity index is 3.12. The van der Waals surface area contributed by atoms with Gasteiger partial charge in [0.25, 0.3) is 0 Å². The van der Waals surface area contributed by atoms with Crippen molar-refractivity contribution in [3.8, 4) is 0 Å². The second-order valence-electron chi connectivity index (χ2n) is 8.06. The topological polar surface area (TPSA) is 17.1 Å². The van der Waals surface area contributed by atoms with Crippen molar-refractivity contribution < 1.29 is 4.79 Å². The minimum atomic E-state index is 0.424. The van der Waals surface area contributed by atoms with Crippen molar-refractivity contribution in [1.29, 1.82) is 0 Å². The summed E-state index contributed by atoms with van der Waals surface area (Å²) in [6, 6.07) is 0. The molecule has 0 amide bonds. The van der Waals surface area contributed by atoms with Gasteiger partial charge in [0.2, 0.25) is 0 Å². The molecule has 0 saturated carbocycles. The molecule has 0 aliphatic rings. The van der Waals surface area contributed by atoms with Crippen LogP contribution in [0.1, 0.15) is 135 Å². The number of hydrogen-bond acceptors (Lipinski definition) is 3. The van der Waals surface area contributed by atoms with Crippen LogP contribution in [0, 0.1) is 0 Å². The SMILES string of the molecule is CCCCCCCCCCCCCCCC(=O)SCCCCCCCCS. The first kappa shape index (κ1) is 27.4. The fourth-order valence-corrected chi connectivity index (χ4v) is 4.55. The second-order valence-corrected chi connectivity index (χ2v) is 9.66. The largest absolute Gasteiger partial charge is 0.287 e. The van der Waals surface area contributed by atoms with E-state index < -0.39 is 0 Å². The van der Waals surface area contributed by atoms with Crippen LogP contribution in [-0.2, 0) is 4.79 Å². The molecule has 1 nitrogen and oxygen atoms in total. The molecule has 0 unspecified atom stereocenters. The molecule has 0 bridgehead atoms. The molecule has 0 N–H and O–H groups in total. The lowest BCUT2D eigenvalue weighted by molar-refractivity contribution is -0.111. The standard InChI is InChI=1S/C24H48OS2/c1-2-3-4-5-6-7-8-9-10-11-12-15-18-21-24(25)27-23-20-17-14-13-16-19-22-26/h26H,2-23H2,1H3. The summed E-state index contributed by atoms with van der Waals surface area (Å²) in [5.41, 5.74) is 0. The van der Waals surface area contributed by atoms with Gasteiger partial charge in [-0.05, 0) is 25.0 Å². The smallest absolute Gasteiger partial charge is 0.188 e. The van der Waals surface area contributed by atoms with Crippen LogP contribution in [-0.4, -0.2) is 16.6 Å². The first-order valence-corrected chi connectivity index (χ1v) is 13.7. The zero-order valence-corrected chi connectivity index (χ0v) is 20.0. The molecule has 0 radical (unpaired) electrons. The van der Waals surface area contributed by atoms with E-state index in [0.29, 0.717) is 5.12 Å². The average Bonchev–Trinajstić information content (AvgIpc) is 2.67. The molecule has 0 fully saturated rings. The summed E-state index contributed by atoms with van der Waals surface area (Å²) in [7, 11) is 0. The van der Waals surface area contributed by atoms with E-state index >= 15 is 0 Å². The summed E-state index contributed by atoms with van der Waals surface area (Å²) in [5.74, 6) is 2.05. The van der Waals surface area contributed by atoms with E-state index in [2.05, 4.69) is 19.6 Å². The molecule has 162 valence electrons. The molecule has 0 aliphatic carbocycles. The van der Waals surface area contributed by atoms with Gasteiger partial charge < -0.3 is 0 Å². The highest BCUT2D eigenvalue weighted by Crippen LogP contribution is 2.16. The Hall–Kier alpha value is 0.370. The Morgan fingerprint density at radius 2 is 1.00 bits per heavy atom. The minimum absolute atomic E-state index is 0.424. The van der Waals surface area contributed by atoms with Crippen LogP contribution in [0.3, 0.4) is 0 Å². The molecule has 0 atom stereocenters. The lowest BCUT2D eigenvalue weighted by Gasteiger charge is -2.04. The Bertz CT molecular complexity index is 294. The van der Waals surface area contributed by atoms with E-state index in [1.54, 1.807) is 11.8 Å². The molecule has 0 saturated heterocycles. The number of unbranched alkanes of at least 4 members (excludes halogenated alkanes) is 17. The molecule has 0 aliphatic heterocycles. The Kier molecular flexibility index (Phi) is 24.7. The van der Waals surface area contributed by atoms with E-state index in [1.165, 1.54) is 116 Å². The fraction of sp³-hybridized carbons (Fsp3) is 0.958. The van der Waals surface area contributed by atoms with Crippen LogP contribution < -0.4 is 0 Å². The summed E-state index contributed by atoms with van der Waals surface area (Å²) in [6.45, 7) is 2.28. The molecule has 0 heterocycles. The Morgan fingerprint density at radius 3 is 1.48 bits per heavy atom. The highest BCUT2D eigenvalue weighted by atomic mass is 32.2. The maximum atomic E-state index is 11.9. The zero-order valence-electron chi connectivity index (χ0n) is 18.3. The van der Waals surface area contributed by atoms with Crippen LogP contribution in [0.25, 0.3) is 0 Å². The summed E-state index contributed by atoms with van der Waals surface area (Å²) >= 11 is 5.81. The van der Waals surface area contributed by atoms with Gasteiger partial charge in [-0.1, -0.05) is 121 Å². The predicted octanol–water partition coefficient (Wildman–Crippen LogP) is 9.00. The van der Waals surface area contributed by atoms with Gasteiger partial charge in [0, 0.05) is 12.2 Å². The molecule has 27 heavy (non-hydrogen) atoms. The lowest BCUT2D eigenvalue weighted by atomic mass is 10.0. The van der Waals surface area contributed by atoms with Gasteiger partial charge in [-0.2, -0.15) is 12.6 Å². The van der Waals surface area contributed by atoms with E-state index in [0.717, 1.165) is 24.3 Å². The molecule has 3 heteroatoms. The molecular weight excluding hydrogens is 368 g/mol. The normalized spacial score (nSPS) is 11.2. The number of thiol groups is 1. The van der Waals surface area contributed by atoms with E-state index in [1.807, 2.05) is 0 Å². The van der Waals surface area contributed by atoms with Gasteiger partial charge >= 0.3 is 0 Å². The van der Waals surface area contributed by atoms with Crippen molar-refractivity contribution in [2.45, 2.75) is 135 Å². The van der Waals surface area contributed by atoms with Gasteiger partial charge in [-0.3, -0.25) is 4.79 Å². The van der Waals surface area contributed by atoms with Crippen molar-refractivity contribution >= 4 is 29.5 Å². The molecule has 0 spiro atoms. The third-order valence-electron chi connectivity index (χ3n) is 5.30. The fourth-order valence-electron chi connectivity index (χ4n) is 3.47. The summed E-state index contributed by atoms with van der Waals surface area (Å²) in [6.07, 6.45) is 26.3. The van der Waals surface area contributed by atoms with Crippen LogP contribution in [0.2, 0.25) is 0 Å². The number of carbonyl (C=O) groups excluding carboxylic acids is 1. The highest BCUT2D eigenvalue weighted by Gasteiger charge is 2.02. The van der Waals surface area contributed by atoms with Crippen LogP contribution in [0.15, 0.2) is 0 Å². The monoisotopic (exact) mass is 416 g/mol. The predicted molar refractivity (Wildman–Crippen MR) is 129 cm³/mol. The summed E-state index contributed by atoms with van der Waals surface area (Å²) in [5, 5.41) is 0.424. The van der Waals surface area contributed by atoms with E-state index in [9.17, 15) is 4.79 Å². The van der Waals surface area contributed by atoms with E-state index in [-0.39, 0.29) is 0 Å². The second kappa shape index (κ2) is 24.4. The third kappa shape index (κ3) is 24.3. The third-order valence-corrected chi connectivity index (χ3v) is 6.64. The first-order chi connectivity index (χ1) is 13.3. The number of hydrogen-bond donors (Lipinski definition) is 1. The Morgan fingerprint density at radius 1 is 0.593 bits per heavy atom. The maximum absolute atomic E-state index is 11.9. The molecule has 0 aromatic heterocycles. The van der Waals surface area contributed by atoms with E-state index in [4.69, 9.17) is 0 Å². The van der Waals surface area contributed by atoms with Crippen LogP contribution in [0.4, 0.5) is 0 Å². The van der Waals surface area contributed by atoms with Gasteiger partial charge in [0.1, 0.15) is 0 Å². The zero-order chi connectivity index (χ0) is 19.8. The molecular formula is C24H48OS2. The van der Waals surface area contributed by atoms with Crippen molar-refractivity contribution in [3.63, 3.8) is 0 Å². The summed E-state index contributed by atoms with van der Waals surface area (Å²) in [4.78, 5) is 11.9. The Labute approximate surface area is 181 Å². The van der Waals surface area contributed by atoms with Crippen molar-refractivity contribution in [2.24, 2.45) is 0 Å². The van der Waals surface area contributed by atoms with Crippen molar-refractivity contribution in [3.05, 3.63) is 0 Å². The maximum Gasteiger partial charge on any atom is 0.188 e. The van der Waals surface area contributed by atoms with Crippen LogP contribution in [0.5, 0.6) is 0 Å². The minimum Gasteiger partial charge on any atom is -0.287 e. The first-order valence-electron chi connectivity index (χ1n) is 12.1. The highest BCUT2D eigenvalue weighted by molar-refractivity contribution is 8.13. The van der Waals surface area contributed by atoms with Gasteiger partial charge in [0.05, 0.1) is 0 Å². The molecule has 0 rings (SSSR count). The van der Waals surface area contributed by atoms with Gasteiger partial charge in [0.15, 0.2) is 5.12 Å². The van der Waals surface area contributed by atoms with Gasteiger partial charge in [-0.15, -0.1) is 0 Å². The van der Waals surface area contributed by atoms with Gasteiger partial charge in [-0.25, -0.2) is 0 Å². The summed E-state index contributed by atoms with van der Waals surface area (Å²) < 4.78 is 0. The quantitative estimate of drug-likeness (QED) is 0.140. The lowest BCUT2D eigenvalue weighted by Crippen LogP contribution is -1.94. The number of rotatable bonds is 22. The number of thioether (sulfide) groups is 1.